The summed E-state index contributed by atoms with van der Waals surface area (Å²) in [5, 5.41) is 4.06. The first-order chi connectivity index (χ1) is 13.3. The van der Waals surface area contributed by atoms with Crippen LogP contribution in [0.5, 0.6) is 0 Å². The van der Waals surface area contributed by atoms with E-state index in [1.54, 1.807) is 6.33 Å². The second-order valence-electron chi connectivity index (χ2n) is 7.37. The standard InChI is InChI=1S/C21H23N5O/c1-2-22-21(27)14-7-8-16-15(11-14)18-19(25-16)23-12-24-20(18)26-10-9-13-5-3-4-6-17(13)26/h3-6,12,14H,2,7-11H2,1H3,(H,22,27)(H,23,24,25). The van der Waals surface area contributed by atoms with Crippen molar-refractivity contribution in [3.05, 3.63) is 47.4 Å². The van der Waals surface area contributed by atoms with Crippen LogP contribution in [-0.2, 0) is 24.1 Å². The van der Waals surface area contributed by atoms with E-state index in [0.717, 1.165) is 49.1 Å². The van der Waals surface area contributed by atoms with Gasteiger partial charge in [0.2, 0.25) is 5.91 Å². The second kappa shape index (κ2) is 6.37. The Morgan fingerprint density at radius 2 is 2.19 bits per heavy atom. The zero-order chi connectivity index (χ0) is 18.4. The van der Waals surface area contributed by atoms with Gasteiger partial charge in [-0.2, -0.15) is 0 Å². The summed E-state index contributed by atoms with van der Waals surface area (Å²) >= 11 is 0. The first-order valence-electron chi connectivity index (χ1n) is 9.74. The molecular weight excluding hydrogens is 338 g/mol. The summed E-state index contributed by atoms with van der Waals surface area (Å²) in [6.07, 6.45) is 5.17. The van der Waals surface area contributed by atoms with Crippen LogP contribution in [0.4, 0.5) is 11.5 Å². The van der Waals surface area contributed by atoms with Crippen molar-refractivity contribution >= 4 is 28.4 Å². The van der Waals surface area contributed by atoms with Gasteiger partial charge in [-0.15, -0.1) is 0 Å². The van der Waals surface area contributed by atoms with Gasteiger partial charge in [0.25, 0.3) is 0 Å². The average Bonchev–Trinajstić information content (AvgIpc) is 3.29. The van der Waals surface area contributed by atoms with Crippen LogP contribution in [0, 0.1) is 5.92 Å². The lowest BCUT2D eigenvalue weighted by Gasteiger charge is -2.23. The van der Waals surface area contributed by atoms with Gasteiger partial charge in [-0.3, -0.25) is 4.79 Å². The molecule has 1 aliphatic heterocycles. The van der Waals surface area contributed by atoms with Crippen molar-refractivity contribution in [1.29, 1.82) is 0 Å². The first-order valence-corrected chi connectivity index (χ1v) is 9.74. The molecule has 3 aromatic rings. The number of benzene rings is 1. The highest BCUT2D eigenvalue weighted by molar-refractivity contribution is 5.95. The highest BCUT2D eigenvalue weighted by atomic mass is 16.1. The normalized spacial score (nSPS) is 18.4. The highest BCUT2D eigenvalue weighted by Crippen LogP contribution is 2.40. The number of rotatable bonds is 3. The number of hydrogen-bond acceptors (Lipinski definition) is 4. The largest absolute Gasteiger partial charge is 0.356 e. The van der Waals surface area contributed by atoms with Gasteiger partial charge in [-0.1, -0.05) is 18.2 Å². The van der Waals surface area contributed by atoms with Crippen LogP contribution >= 0.6 is 0 Å². The van der Waals surface area contributed by atoms with E-state index >= 15 is 0 Å². The molecule has 1 amide bonds. The molecule has 2 aliphatic rings. The molecule has 2 N–H and O–H groups in total. The molecule has 0 fully saturated rings. The Morgan fingerprint density at radius 3 is 3.07 bits per heavy atom. The molecule has 0 saturated carbocycles. The maximum absolute atomic E-state index is 12.4. The van der Waals surface area contributed by atoms with Gasteiger partial charge in [0.05, 0.1) is 5.39 Å². The maximum atomic E-state index is 12.4. The van der Waals surface area contributed by atoms with Crippen LogP contribution in [0.15, 0.2) is 30.6 Å². The van der Waals surface area contributed by atoms with Crippen molar-refractivity contribution in [3.8, 4) is 0 Å². The molecule has 1 unspecified atom stereocenters. The molecule has 5 rings (SSSR count). The SMILES string of the molecule is CCNC(=O)C1CCc2[nH]c3ncnc(N4CCc5ccccc54)c3c2C1. The topological polar surface area (TPSA) is 73.9 Å². The number of amides is 1. The lowest BCUT2D eigenvalue weighted by atomic mass is 9.86. The Bertz CT molecular complexity index is 1020. The van der Waals surface area contributed by atoms with E-state index in [4.69, 9.17) is 0 Å². The van der Waals surface area contributed by atoms with Crippen LogP contribution < -0.4 is 10.2 Å². The van der Waals surface area contributed by atoms with Crippen LogP contribution in [0.2, 0.25) is 0 Å². The van der Waals surface area contributed by atoms with E-state index in [-0.39, 0.29) is 11.8 Å². The Morgan fingerprint density at radius 1 is 1.30 bits per heavy atom. The molecule has 1 atom stereocenters. The summed E-state index contributed by atoms with van der Waals surface area (Å²) in [4.78, 5) is 27.3. The number of H-pyrrole nitrogens is 1. The van der Waals surface area contributed by atoms with Crippen LogP contribution in [-0.4, -0.2) is 33.9 Å². The molecule has 0 spiro atoms. The summed E-state index contributed by atoms with van der Waals surface area (Å²) in [5.74, 6) is 1.14. The minimum absolute atomic E-state index is 0.0235. The molecule has 0 radical (unpaired) electrons. The second-order valence-corrected chi connectivity index (χ2v) is 7.37. The monoisotopic (exact) mass is 361 g/mol. The van der Waals surface area contributed by atoms with E-state index in [1.165, 1.54) is 22.5 Å². The van der Waals surface area contributed by atoms with Crippen molar-refractivity contribution in [2.75, 3.05) is 18.0 Å². The fraction of sp³-hybridized carbons (Fsp3) is 0.381. The summed E-state index contributed by atoms with van der Waals surface area (Å²) in [6, 6.07) is 8.51. The maximum Gasteiger partial charge on any atom is 0.223 e. The lowest BCUT2D eigenvalue weighted by molar-refractivity contribution is -0.125. The number of nitrogens with one attached hydrogen (secondary N) is 2. The Kier molecular flexibility index (Phi) is 3.85. The number of aromatic amines is 1. The minimum atomic E-state index is 0.0235. The molecular formula is C21H23N5O. The van der Waals surface area contributed by atoms with Gasteiger partial charge in [0.15, 0.2) is 0 Å². The number of hydrogen-bond donors (Lipinski definition) is 2. The van der Waals surface area contributed by atoms with E-state index in [2.05, 4.69) is 49.4 Å². The molecule has 2 aromatic heterocycles. The van der Waals surface area contributed by atoms with E-state index < -0.39 is 0 Å². The fourth-order valence-corrected chi connectivity index (χ4v) is 4.53. The van der Waals surface area contributed by atoms with Crippen LogP contribution in [0.1, 0.15) is 30.2 Å². The number of carbonyl (C=O) groups is 1. The fourth-order valence-electron chi connectivity index (χ4n) is 4.53. The summed E-state index contributed by atoms with van der Waals surface area (Å²) in [7, 11) is 0. The van der Waals surface area contributed by atoms with Gasteiger partial charge in [-0.25, -0.2) is 9.97 Å². The average molecular weight is 361 g/mol. The van der Waals surface area contributed by atoms with Crippen molar-refractivity contribution < 1.29 is 4.79 Å². The van der Waals surface area contributed by atoms with E-state index in [1.807, 2.05) is 6.92 Å². The summed E-state index contributed by atoms with van der Waals surface area (Å²) in [6.45, 7) is 3.56. The van der Waals surface area contributed by atoms with Gasteiger partial charge in [0, 0.05) is 30.4 Å². The van der Waals surface area contributed by atoms with Crippen molar-refractivity contribution in [1.82, 2.24) is 20.3 Å². The predicted molar refractivity (Wildman–Crippen MR) is 105 cm³/mol. The Hall–Kier alpha value is -2.89. The predicted octanol–water partition coefficient (Wildman–Crippen LogP) is 2.89. The quantitative estimate of drug-likeness (QED) is 0.752. The van der Waals surface area contributed by atoms with E-state index in [0.29, 0.717) is 6.54 Å². The molecule has 0 saturated heterocycles. The van der Waals surface area contributed by atoms with Crippen molar-refractivity contribution in [2.24, 2.45) is 5.92 Å². The molecule has 27 heavy (non-hydrogen) atoms. The Balaban J connectivity index is 1.60. The highest BCUT2D eigenvalue weighted by Gasteiger charge is 2.31. The first kappa shape index (κ1) is 16.3. The molecule has 1 aliphatic carbocycles. The van der Waals surface area contributed by atoms with Gasteiger partial charge in [-0.05, 0) is 49.8 Å². The zero-order valence-corrected chi connectivity index (χ0v) is 15.5. The van der Waals surface area contributed by atoms with Crippen molar-refractivity contribution in [3.63, 3.8) is 0 Å². The van der Waals surface area contributed by atoms with Crippen molar-refractivity contribution in [2.45, 2.75) is 32.6 Å². The number of fused-ring (bicyclic) bond motifs is 4. The van der Waals surface area contributed by atoms with Gasteiger partial charge < -0.3 is 15.2 Å². The third-order valence-corrected chi connectivity index (χ3v) is 5.82. The van der Waals surface area contributed by atoms with Gasteiger partial charge in [0.1, 0.15) is 17.8 Å². The molecule has 6 heteroatoms. The molecule has 6 nitrogen and oxygen atoms in total. The Labute approximate surface area is 158 Å². The molecule has 3 heterocycles. The molecule has 0 bridgehead atoms. The smallest absolute Gasteiger partial charge is 0.223 e. The molecule has 138 valence electrons. The number of anilines is 2. The number of nitrogens with zero attached hydrogens (tertiary/aromatic N) is 3. The van der Waals surface area contributed by atoms with Gasteiger partial charge >= 0.3 is 0 Å². The van der Waals surface area contributed by atoms with E-state index in [9.17, 15) is 4.79 Å². The number of aryl methyl sites for hydroxylation is 1. The van der Waals surface area contributed by atoms with Crippen LogP contribution in [0.25, 0.3) is 11.0 Å². The minimum Gasteiger partial charge on any atom is -0.356 e. The third-order valence-electron chi connectivity index (χ3n) is 5.82. The number of aromatic nitrogens is 3. The number of para-hydroxylation sites is 1. The number of carbonyl (C=O) groups excluding carboxylic acids is 1. The molecule has 1 aromatic carbocycles. The lowest BCUT2D eigenvalue weighted by Crippen LogP contribution is -2.33. The van der Waals surface area contributed by atoms with Crippen LogP contribution in [0.3, 0.4) is 0 Å². The zero-order valence-electron chi connectivity index (χ0n) is 15.5. The summed E-state index contributed by atoms with van der Waals surface area (Å²) in [5.41, 5.74) is 5.88. The third kappa shape index (κ3) is 2.59. The summed E-state index contributed by atoms with van der Waals surface area (Å²) < 4.78 is 0.